The van der Waals surface area contributed by atoms with Crippen molar-refractivity contribution in [2.24, 2.45) is 0 Å². The Kier molecular flexibility index (Phi) is 9.86. The lowest BCUT2D eigenvalue weighted by Gasteiger charge is -2.25. The largest absolute Gasteiger partial charge is 0.394 e. The van der Waals surface area contributed by atoms with Crippen LogP contribution < -0.4 is 4.90 Å². The number of carbonyl (C=O) groups excluding carboxylic acids is 1. The van der Waals surface area contributed by atoms with Crippen LogP contribution in [0.1, 0.15) is 34.9 Å². The standard InChI is InChI=1S/C33H33F2N8O8PS/c34-23-26(45)22-14-48-52(47,53)51-27-21(13-44)49-33(24(27)35)42-12-10-19-20(36-15-37-28(19)42)9-5-2-6-11-41(31(46)18-7-3-1-4-8-18)29-25-30(39-16-38-29)43(17-40-25)32(23)50-22/h1-4,6-8,10,12,15-17,21-24,26-27,32-33,44-45H,5,9,11,13-14H2,(H,47,53)/b6-2+/t21-,22-,23-,24-,26-,27-,32-,33-,52?/m1/s1. The van der Waals surface area contributed by atoms with Crippen LogP contribution in [0.5, 0.6) is 0 Å². The summed E-state index contributed by atoms with van der Waals surface area (Å²) in [5.41, 5.74) is 1.74. The molecule has 2 saturated heterocycles. The molecular weight excluding hydrogens is 737 g/mol. The third-order valence-electron chi connectivity index (χ3n) is 9.40. The first kappa shape index (κ1) is 35.8. The number of aliphatic hydroxyl groups excluding tert-OH is 2. The van der Waals surface area contributed by atoms with E-state index in [1.54, 1.807) is 42.6 Å². The zero-order valence-electron chi connectivity index (χ0n) is 27.7. The minimum absolute atomic E-state index is 0.0886. The van der Waals surface area contributed by atoms with Gasteiger partial charge >= 0.3 is 6.72 Å². The average molecular weight is 771 g/mol. The number of nitrogens with zero attached hydrogens (tertiary/aromatic N) is 8. The van der Waals surface area contributed by atoms with E-state index >= 15 is 8.78 Å². The zero-order chi connectivity index (χ0) is 36.9. The number of benzene rings is 1. The molecule has 9 atom stereocenters. The smallest absolute Gasteiger partial charge is 0.325 e. The molecule has 2 fully saturated rings. The fraction of sp³-hybridized carbons (Fsp3) is 0.394. The van der Waals surface area contributed by atoms with E-state index in [0.29, 0.717) is 35.1 Å². The second-order valence-corrected chi connectivity index (χ2v) is 15.4. The lowest BCUT2D eigenvalue weighted by molar-refractivity contribution is -0.0521. The first-order valence-electron chi connectivity index (χ1n) is 16.7. The summed E-state index contributed by atoms with van der Waals surface area (Å²) in [7, 11) is 0. The van der Waals surface area contributed by atoms with Gasteiger partial charge in [-0.05, 0) is 42.8 Å². The van der Waals surface area contributed by atoms with Crippen molar-refractivity contribution in [3.8, 4) is 0 Å². The first-order valence-corrected chi connectivity index (χ1v) is 19.3. The number of allylic oxidation sites excluding steroid dienone is 1. The third-order valence-corrected chi connectivity index (χ3v) is 11.0. The molecule has 0 radical (unpaired) electrons. The van der Waals surface area contributed by atoms with Crippen molar-refractivity contribution in [2.75, 3.05) is 24.7 Å². The molecule has 1 aromatic carbocycles. The van der Waals surface area contributed by atoms with Crippen LogP contribution in [0.4, 0.5) is 14.6 Å². The van der Waals surface area contributed by atoms with E-state index in [0.717, 1.165) is 0 Å². The van der Waals surface area contributed by atoms with E-state index in [9.17, 15) is 19.9 Å². The maximum Gasteiger partial charge on any atom is 0.325 e. The zero-order valence-corrected chi connectivity index (χ0v) is 29.4. The number of halogens is 2. The van der Waals surface area contributed by atoms with Crippen molar-refractivity contribution in [1.82, 2.24) is 34.1 Å². The van der Waals surface area contributed by atoms with Gasteiger partial charge in [0.25, 0.3) is 5.91 Å². The topological polar surface area (TPSA) is 192 Å². The predicted octanol–water partition coefficient (Wildman–Crippen LogP) is 2.86. The Hall–Kier alpha value is -4.17. The fourth-order valence-electron chi connectivity index (χ4n) is 6.78. The van der Waals surface area contributed by atoms with E-state index in [4.69, 9.17) is 30.3 Å². The lowest BCUT2D eigenvalue weighted by Crippen LogP contribution is -2.34. The number of hydrogen-bond donors (Lipinski definition) is 3. The minimum Gasteiger partial charge on any atom is -0.394 e. The van der Waals surface area contributed by atoms with E-state index in [-0.39, 0.29) is 29.4 Å². The van der Waals surface area contributed by atoms with Gasteiger partial charge in [-0.3, -0.25) is 18.8 Å². The Bertz CT molecular complexity index is 2210. The second-order valence-electron chi connectivity index (χ2n) is 12.6. The quantitative estimate of drug-likeness (QED) is 0.175. The molecule has 278 valence electrons. The number of hydrogen-bond acceptors (Lipinski definition) is 13. The van der Waals surface area contributed by atoms with E-state index < -0.39 is 69.1 Å². The molecule has 16 nitrogen and oxygen atoms in total. The van der Waals surface area contributed by atoms with Gasteiger partial charge in [0.15, 0.2) is 41.8 Å². The van der Waals surface area contributed by atoms with Gasteiger partial charge in [-0.2, -0.15) is 0 Å². The van der Waals surface area contributed by atoms with Crippen LogP contribution in [0.3, 0.4) is 0 Å². The molecule has 0 spiro atoms. The number of rotatable bonds is 2. The number of ether oxygens (including phenoxy) is 2. The predicted molar refractivity (Wildman–Crippen MR) is 186 cm³/mol. The Morgan fingerprint density at radius 3 is 2.55 bits per heavy atom. The van der Waals surface area contributed by atoms with Gasteiger partial charge < -0.3 is 33.7 Å². The van der Waals surface area contributed by atoms with Crippen molar-refractivity contribution >= 4 is 52.4 Å². The Balaban J connectivity index is 1.17. The average Bonchev–Trinajstić information content (AvgIpc) is 3.93. The fourth-order valence-corrected chi connectivity index (χ4v) is 8.22. The molecule has 3 aliphatic rings. The summed E-state index contributed by atoms with van der Waals surface area (Å²) in [6, 6.07) is 10.4. The highest BCUT2D eigenvalue weighted by molar-refractivity contribution is 8.07. The van der Waals surface area contributed by atoms with Crippen molar-refractivity contribution in [2.45, 2.75) is 62.1 Å². The van der Waals surface area contributed by atoms with Crippen LogP contribution in [0.15, 0.2) is 73.7 Å². The second kappa shape index (κ2) is 14.6. The van der Waals surface area contributed by atoms with Gasteiger partial charge in [0.05, 0.1) is 25.2 Å². The van der Waals surface area contributed by atoms with Gasteiger partial charge in [-0.25, -0.2) is 33.7 Å². The van der Waals surface area contributed by atoms with Crippen LogP contribution in [0.2, 0.25) is 0 Å². The summed E-state index contributed by atoms with van der Waals surface area (Å²) < 4.78 is 57.2. The number of imidazole rings is 1. The van der Waals surface area contributed by atoms with Gasteiger partial charge in [0.1, 0.15) is 42.7 Å². The highest BCUT2D eigenvalue weighted by atomic mass is 32.5. The Morgan fingerprint density at radius 1 is 0.962 bits per heavy atom. The molecule has 4 aromatic heterocycles. The molecule has 3 N–H and O–H groups in total. The van der Waals surface area contributed by atoms with Crippen molar-refractivity contribution in [3.63, 3.8) is 0 Å². The van der Waals surface area contributed by atoms with Crippen LogP contribution in [0.25, 0.3) is 22.2 Å². The van der Waals surface area contributed by atoms with Gasteiger partial charge in [-0.1, -0.05) is 30.4 Å². The molecule has 7 heterocycles. The van der Waals surface area contributed by atoms with Gasteiger partial charge in [0.2, 0.25) is 0 Å². The van der Waals surface area contributed by atoms with E-state index in [2.05, 4.69) is 24.9 Å². The van der Waals surface area contributed by atoms with Crippen molar-refractivity contribution in [1.29, 1.82) is 0 Å². The molecule has 53 heavy (non-hydrogen) atoms. The number of fused-ring (bicyclic) bond motifs is 6. The SMILES string of the molecule is O=C(c1ccccc1)N1C/C=C/CCc2ncnc3c2ccn3[C@@H]2O[C@H](CO)[C@@H](OP(O)(=S)OC[C@H]3O[C@H]([C@H](F)[C@@H]3O)n3cnc4c1ncnc43)[C@H]2F. The van der Waals surface area contributed by atoms with Gasteiger partial charge in [-0.15, -0.1) is 0 Å². The van der Waals surface area contributed by atoms with Crippen LogP contribution in [-0.4, -0.2) is 112 Å². The number of amides is 1. The normalized spacial score (nSPS) is 31.7. The van der Waals surface area contributed by atoms with Crippen LogP contribution >= 0.6 is 6.72 Å². The van der Waals surface area contributed by atoms with Crippen molar-refractivity contribution in [3.05, 3.63) is 85.0 Å². The lowest BCUT2D eigenvalue weighted by atomic mass is 10.1. The number of anilines is 1. The number of alkyl halides is 2. The van der Waals surface area contributed by atoms with Crippen LogP contribution in [-0.2, 0) is 36.7 Å². The molecule has 0 saturated carbocycles. The number of carbonyl (C=O) groups is 1. The molecule has 1 unspecified atom stereocenters. The van der Waals surface area contributed by atoms with Crippen molar-refractivity contribution < 1.29 is 47.2 Å². The Morgan fingerprint density at radius 2 is 1.74 bits per heavy atom. The molecule has 5 aromatic rings. The molecule has 12 bridgehead atoms. The summed E-state index contributed by atoms with van der Waals surface area (Å²) in [5.74, 6) is -0.206. The maximum absolute atomic E-state index is 16.1. The monoisotopic (exact) mass is 770 g/mol. The summed E-state index contributed by atoms with van der Waals surface area (Å²) in [5, 5.41) is 21.5. The summed E-state index contributed by atoms with van der Waals surface area (Å²) in [4.78, 5) is 48.2. The number of aliphatic hydroxyl groups is 2. The van der Waals surface area contributed by atoms with Gasteiger partial charge in [0, 0.05) is 23.7 Å². The maximum atomic E-state index is 16.1. The highest BCUT2D eigenvalue weighted by Gasteiger charge is 2.50. The molecular formula is C33H33F2N8O8PS. The number of aromatic nitrogens is 7. The first-order chi connectivity index (χ1) is 25.6. The molecule has 1 amide bonds. The van der Waals surface area contributed by atoms with E-state index in [1.165, 1.54) is 33.0 Å². The molecule has 0 aliphatic carbocycles. The highest BCUT2D eigenvalue weighted by Crippen LogP contribution is 2.50. The molecule has 3 aliphatic heterocycles. The Labute approximate surface area is 304 Å². The summed E-state index contributed by atoms with van der Waals surface area (Å²) in [6.07, 6.45) is -2.54. The van der Waals surface area contributed by atoms with Crippen LogP contribution in [0, 0.1) is 0 Å². The van der Waals surface area contributed by atoms with E-state index in [1.807, 2.05) is 12.2 Å². The summed E-state index contributed by atoms with van der Waals surface area (Å²) in [6.45, 7) is -5.51. The summed E-state index contributed by atoms with van der Waals surface area (Å²) >= 11 is 5.17. The molecule has 20 heteroatoms. The number of aryl methyl sites for hydroxylation is 1. The third kappa shape index (κ3) is 6.66. The minimum atomic E-state index is -4.30. The molecule has 8 rings (SSSR count).